The molecule has 0 spiro atoms. The lowest BCUT2D eigenvalue weighted by Crippen LogP contribution is -2.45. The number of hydrogen-bond donors (Lipinski definition) is 2. The summed E-state index contributed by atoms with van der Waals surface area (Å²) in [6, 6.07) is 4.82. The summed E-state index contributed by atoms with van der Waals surface area (Å²) in [5.41, 5.74) is 0. The fourth-order valence-corrected chi connectivity index (χ4v) is 3.66. The van der Waals surface area contributed by atoms with E-state index in [9.17, 15) is 9.59 Å². The first-order valence-electron chi connectivity index (χ1n) is 7.23. The van der Waals surface area contributed by atoms with Gasteiger partial charge in [-0.15, -0.1) is 11.8 Å². The Hall–Kier alpha value is -0.910. The molecule has 1 aliphatic rings. The lowest BCUT2D eigenvalue weighted by Gasteiger charge is -2.22. The molecule has 0 heterocycles. The smallest absolute Gasteiger partial charge is 0.321 e. The van der Waals surface area contributed by atoms with Crippen LogP contribution in [-0.2, 0) is 4.79 Å². The zero-order chi connectivity index (χ0) is 15.9. The molecule has 2 N–H and O–H groups in total. The number of carbonyl (C=O) groups excluding carboxylic acids is 2. The van der Waals surface area contributed by atoms with Gasteiger partial charge in [-0.05, 0) is 31.0 Å². The van der Waals surface area contributed by atoms with E-state index in [1.807, 2.05) is 0 Å². The molecule has 0 aromatic heterocycles. The summed E-state index contributed by atoms with van der Waals surface area (Å²) in [6.45, 7) is 0. The van der Waals surface area contributed by atoms with Crippen molar-refractivity contribution >= 4 is 46.9 Å². The van der Waals surface area contributed by atoms with E-state index < -0.39 is 6.03 Å². The zero-order valence-electron chi connectivity index (χ0n) is 12.0. The molecule has 1 aromatic rings. The lowest BCUT2D eigenvalue weighted by molar-refractivity contribution is -0.117. The van der Waals surface area contributed by atoms with Gasteiger partial charge >= 0.3 is 6.03 Å². The van der Waals surface area contributed by atoms with Crippen molar-refractivity contribution < 1.29 is 9.59 Å². The second-order valence-electron chi connectivity index (χ2n) is 5.22. The molecule has 4 nitrogen and oxygen atoms in total. The van der Waals surface area contributed by atoms with Gasteiger partial charge in [0.2, 0.25) is 5.91 Å². The lowest BCUT2D eigenvalue weighted by atomic mass is 9.96. The quantitative estimate of drug-likeness (QED) is 0.789. The molecular weight excluding hydrogens is 343 g/mol. The maximum Gasteiger partial charge on any atom is 0.321 e. The van der Waals surface area contributed by atoms with Crippen LogP contribution in [0.4, 0.5) is 4.79 Å². The zero-order valence-corrected chi connectivity index (χ0v) is 14.4. The van der Waals surface area contributed by atoms with Crippen molar-refractivity contribution in [3.05, 3.63) is 28.2 Å². The Morgan fingerprint density at radius 3 is 2.64 bits per heavy atom. The monoisotopic (exact) mass is 360 g/mol. The average Bonchev–Trinajstić information content (AvgIpc) is 2.49. The molecule has 22 heavy (non-hydrogen) atoms. The number of halogens is 2. The largest absolute Gasteiger partial charge is 0.335 e. The van der Waals surface area contributed by atoms with Gasteiger partial charge in [0.15, 0.2) is 0 Å². The van der Waals surface area contributed by atoms with Crippen molar-refractivity contribution in [3.8, 4) is 0 Å². The molecule has 0 saturated heterocycles. The number of imide groups is 1. The number of benzene rings is 1. The SMILES string of the molecule is O=C(CSc1cc(Cl)ccc1Cl)NC(=O)NC1CCCCC1. The highest BCUT2D eigenvalue weighted by atomic mass is 35.5. The number of nitrogens with one attached hydrogen (secondary N) is 2. The fraction of sp³-hybridized carbons (Fsp3) is 0.467. The van der Waals surface area contributed by atoms with E-state index >= 15 is 0 Å². The van der Waals surface area contributed by atoms with Crippen molar-refractivity contribution in [2.24, 2.45) is 0 Å². The van der Waals surface area contributed by atoms with Crippen molar-refractivity contribution in [1.29, 1.82) is 0 Å². The first-order chi connectivity index (χ1) is 10.5. The van der Waals surface area contributed by atoms with E-state index in [2.05, 4.69) is 10.6 Å². The summed E-state index contributed by atoms with van der Waals surface area (Å²) in [7, 11) is 0. The summed E-state index contributed by atoms with van der Waals surface area (Å²) in [5, 5.41) is 6.28. The van der Waals surface area contributed by atoms with E-state index in [-0.39, 0.29) is 17.7 Å². The molecule has 7 heteroatoms. The first-order valence-corrected chi connectivity index (χ1v) is 8.97. The molecule has 120 valence electrons. The van der Waals surface area contributed by atoms with E-state index in [0.29, 0.717) is 10.0 Å². The summed E-state index contributed by atoms with van der Waals surface area (Å²) in [4.78, 5) is 24.3. The Morgan fingerprint density at radius 1 is 1.18 bits per heavy atom. The highest BCUT2D eigenvalue weighted by molar-refractivity contribution is 8.00. The Bertz CT molecular complexity index is 548. The number of hydrogen-bond acceptors (Lipinski definition) is 3. The number of carbonyl (C=O) groups is 2. The highest BCUT2D eigenvalue weighted by Gasteiger charge is 2.17. The van der Waals surface area contributed by atoms with Crippen LogP contribution in [0, 0.1) is 0 Å². The Morgan fingerprint density at radius 2 is 1.91 bits per heavy atom. The van der Waals surface area contributed by atoms with Crippen molar-refractivity contribution in [2.75, 3.05) is 5.75 Å². The van der Waals surface area contributed by atoms with Gasteiger partial charge in [0.1, 0.15) is 0 Å². The van der Waals surface area contributed by atoms with E-state index in [4.69, 9.17) is 23.2 Å². The van der Waals surface area contributed by atoms with Crippen LogP contribution in [0.1, 0.15) is 32.1 Å². The van der Waals surface area contributed by atoms with Crippen molar-refractivity contribution in [1.82, 2.24) is 10.6 Å². The predicted molar refractivity (Wildman–Crippen MR) is 90.7 cm³/mol. The molecule has 1 aliphatic carbocycles. The normalized spacial score (nSPS) is 15.4. The standard InChI is InChI=1S/C15H18Cl2N2O2S/c16-10-6-7-12(17)13(8-10)22-9-14(20)19-15(21)18-11-4-2-1-3-5-11/h6-8,11H,1-5,9H2,(H2,18,19,20,21). The van der Waals surface area contributed by atoms with Crippen LogP contribution in [0.2, 0.25) is 10.0 Å². The van der Waals surface area contributed by atoms with Gasteiger partial charge in [0.25, 0.3) is 0 Å². The highest BCUT2D eigenvalue weighted by Crippen LogP contribution is 2.29. The first kappa shape index (κ1) is 17.4. The second kappa shape index (κ2) is 8.65. The van der Waals surface area contributed by atoms with Crippen LogP contribution >= 0.6 is 35.0 Å². The summed E-state index contributed by atoms with van der Waals surface area (Å²) < 4.78 is 0. The van der Waals surface area contributed by atoms with Gasteiger partial charge in [-0.2, -0.15) is 0 Å². The summed E-state index contributed by atoms with van der Waals surface area (Å²) in [6.07, 6.45) is 5.43. The molecule has 0 radical (unpaired) electrons. The molecule has 0 atom stereocenters. The number of thioether (sulfide) groups is 1. The summed E-state index contributed by atoms with van der Waals surface area (Å²) in [5.74, 6) is -0.243. The van der Waals surface area contributed by atoms with Crippen LogP contribution in [0.15, 0.2) is 23.1 Å². The van der Waals surface area contributed by atoms with Crippen LogP contribution in [0.25, 0.3) is 0 Å². The van der Waals surface area contributed by atoms with Crippen LogP contribution in [0.5, 0.6) is 0 Å². The summed E-state index contributed by atoms with van der Waals surface area (Å²) >= 11 is 13.2. The van der Waals surface area contributed by atoms with Gasteiger partial charge < -0.3 is 5.32 Å². The van der Waals surface area contributed by atoms with E-state index in [1.165, 1.54) is 18.2 Å². The van der Waals surface area contributed by atoms with E-state index in [0.717, 1.165) is 30.6 Å². The minimum atomic E-state index is -0.422. The Labute approximate surface area is 144 Å². The maximum atomic E-state index is 11.8. The maximum absolute atomic E-state index is 11.8. The molecule has 3 amide bonds. The molecule has 1 fully saturated rings. The second-order valence-corrected chi connectivity index (χ2v) is 7.08. The average molecular weight is 361 g/mol. The molecular formula is C15H18Cl2N2O2S. The molecule has 0 bridgehead atoms. The third-order valence-electron chi connectivity index (χ3n) is 3.45. The van der Waals surface area contributed by atoms with Gasteiger partial charge in [-0.3, -0.25) is 10.1 Å². The van der Waals surface area contributed by atoms with Crippen molar-refractivity contribution in [2.45, 2.75) is 43.0 Å². The number of amides is 3. The predicted octanol–water partition coefficient (Wildman–Crippen LogP) is 4.24. The Kier molecular flexibility index (Phi) is 6.86. The molecule has 1 saturated carbocycles. The van der Waals surface area contributed by atoms with Gasteiger partial charge in [0.05, 0.1) is 10.8 Å². The van der Waals surface area contributed by atoms with Crippen LogP contribution < -0.4 is 10.6 Å². The molecule has 2 rings (SSSR count). The third-order valence-corrected chi connectivity index (χ3v) is 5.18. The van der Waals surface area contributed by atoms with E-state index in [1.54, 1.807) is 18.2 Å². The molecule has 1 aromatic carbocycles. The van der Waals surface area contributed by atoms with Gasteiger partial charge in [-0.1, -0.05) is 42.5 Å². The van der Waals surface area contributed by atoms with Crippen LogP contribution in [0.3, 0.4) is 0 Å². The van der Waals surface area contributed by atoms with Crippen LogP contribution in [-0.4, -0.2) is 23.7 Å². The fourth-order valence-electron chi connectivity index (χ4n) is 2.36. The minimum absolute atomic E-state index is 0.109. The number of urea groups is 1. The minimum Gasteiger partial charge on any atom is -0.335 e. The van der Waals surface area contributed by atoms with Gasteiger partial charge in [-0.25, -0.2) is 4.79 Å². The topological polar surface area (TPSA) is 58.2 Å². The Balaban J connectivity index is 1.75. The third kappa shape index (κ3) is 5.71. The van der Waals surface area contributed by atoms with Gasteiger partial charge in [0, 0.05) is 16.0 Å². The molecule has 0 aliphatic heterocycles. The van der Waals surface area contributed by atoms with Crippen molar-refractivity contribution in [3.63, 3.8) is 0 Å². The molecule has 0 unspecified atom stereocenters. The number of rotatable bonds is 4.